The van der Waals surface area contributed by atoms with E-state index in [1.807, 2.05) is 29.1 Å². The molecule has 4 rings (SSSR count). The highest BCUT2D eigenvalue weighted by Crippen LogP contribution is 2.25. The molecule has 1 saturated heterocycles. The van der Waals surface area contributed by atoms with Crippen molar-refractivity contribution >= 4 is 17.3 Å². The maximum Gasteiger partial charge on any atom is 0.180 e. The molecule has 1 aliphatic heterocycles. The van der Waals surface area contributed by atoms with Gasteiger partial charge in [0.15, 0.2) is 11.5 Å². The molecule has 0 bridgehead atoms. The highest BCUT2D eigenvalue weighted by Gasteiger charge is 2.28. The Morgan fingerprint density at radius 3 is 2.82 bits per heavy atom. The summed E-state index contributed by atoms with van der Waals surface area (Å²) in [7, 11) is 2.08. The molecule has 1 atom stereocenters. The van der Waals surface area contributed by atoms with Crippen molar-refractivity contribution in [2.75, 3.05) is 29.9 Å². The van der Waals surface area contributed by atoms with E-state index in [1.165, 1.54) is 0 Å². The van der Waals surface area contributed by atoms with Crippen molar-refractivity contribution in [2.45, 2.75) is 12.5 Å². The van der Waals surface area contributed by atoms with Crippen molar-refractivity contribution < 1.29 is 0 Å². The van der Waals surface area contributed by atoms with Crippen molar-refractivity contribution in [1.82, 2.24) is 24.3 Å². The van der Waals surface area contributed by atoms with Crippen LogP contribution in [-0.4, -0.2) is 50.5 Å². The van der Waals surface area contributed by atoms with Crippen molar-refractivity contribution in [3.05, 3.63) is 43.4 Å². The molecular weight excluding hydrogens is 278 g/mol. The number of rotatable bonds is 3. The fourth-order valence-electron chi connectivity index (χ4n) is 2.99. The lowest BCUT2D eigenvalue weighted by atomic mass is 10.2. The van der Waals surface area contributed by atoms with Crippen LogP contribution in [0, 0.1) is 0 Å². The van der Waals surface area contributed by atoms with Crippen LogP contribution in [0.3, 0.4) is 0 Å². The average molecular weight is 295 g/mol. The van der Waals surface area contributed by atoms with Crippen LogP contribution in [0.15, 0.2) is 43.4 Å². The minimum Gasteiger partial charge on any atom is -0.355 e. The molecule has 3 aromatic rings. The molecular formula is C15H17N7. The lowest BCUT2D eigenvalue weighted by Gasteiger charge is -2.25. The van der Waals surface area contributed by atoms with E-state index in [1.54, 1.807) is 18.7 Å². The van der Waals surface area contributed by atoms with E-state index in [0.717, 1.165) is 36.8 Å². The molecule has 1 fully saturated rings. The molecule has 0 saturated carbocycles. The van der Waals surface area contributed by atoms with Gasteiger partial charge in [0, 0.05) is 57.2 Å². The van der Waals surface area contributed by atoms with E-state index < -0.39 is 0 Å². The first kappa shape index (κ1) is 13.0. The predicted octanol–water partition coefficient (Wildman–Crippen LogP) is 1.23. The van der Waals surface area contributed by atoms with Crippen LogP contribution in [-0.2, 0) is 0 Å². The summed E-state index contributed by atoms with van der Waals surface area (Å²) in [5.41, 5.74) is 0.910. The normalized spacial score (nSPS) is 18.0. The summed E-state index contributed by atoms with van der Waals surface area (Å²) in [6.07, 6.45) is 11.9. The molecule has 4 heterocycles. The standard InChI is InChI=1S/C15H17N7/c1-20(13-2-4-16-11-19-13)12-3-7-22(10-12)15-14-17-5-8-21(14)9-6-18-15/h2,4-6,8-9,11-12H,3,7,10H2,1H3. The van der Waals surface area contributed by atoms with Gasteiger partial charge in [0.2, 0.25) is 0 Å². The molecule has 0 aliphatic carbocycles. The van der Waals surface area contributed by atoms with E-state index in [-0.39, 0.29) is 0 Å². The zero-order valence-electron chi connectivity index (χ0n) is 12.4. The lowest BCUT2D eigenvalue weighted by Crippen LogP contribution is -2.35. The Balaban J connectivity index is 1.56. The van der Waals surface area contributed by atoms with Gasteiger partial charge in [-0.3, -0.25) is 0 Å². The molecule has 3 aromatic heterocycles. The minimum atomic E-state index is 0.409. The predicted molar refractivity (Wildman–Crippen MR) is 84.0 cm³/mol. The first-order valence-corrected chi connectivity index (χ1v) is 7.34. The van der Waals surface area contributed by atoms with Crippen molar-refractivity contribution in [3.63, 3.8) is 0 Å². The molecule has 1 unspecified atom stereocenters. The Kier molecular flexibility index (Phi) is 3.10. The second kappa shape index (κ2) is 5.25. The summed E-state index contributed by atoms with van der Waals surface area (Å²) in [5.74, 6) is 1.90. The number of imidazole rings is 1. The van der Waals surface area contributed by atoms with Crippen molar-refractivity contribution in [1.29, 1.82) is 0 Å². The van der Waals surface area contributed by atoms with Crippen LogP contribution in [0.1, 0.15) is 6.42 Å². The number of likely N-dealkylation sites (N-methyl/N-ethyl adjacent to an activating group) is 1. The topological polar surface area (TPSA) is 62.5 Å². The van der Waals surface area contributed by atoms with Crippen LogP contribution in [0.4, 0.5) is 11.6 Å². The number of nitrogens with zero attached hydrogens (tertiary/aromatic N) is 7. The SMILES string of the molecule is CN(c1ccncn1)C1CCN(c2nccn3ccnc23)C1. The Bertz CT molecular complexity index is 770. The molecule has 1 aliphatic rings. The van der Waals surface area contributed by atoms with Crippen molar-refractivity contribution in [2.24, 2.45) is 0 Å². The van der Waals surface area contributed by atoms with Gasteiger partial charge in [-0.05, 0) is 12.5 Å². The number of hydrogen-bond donors (Lipinski definition) is 0. The molecule has 22 heavy (non-hydrogen) atoms. The number of aromatic nitrogens is 5. The van der Waals surface area contributed by atoms with Gasteiger partial charge in [-0.15, -0.1) is 0 Å². The highest BCUT2D eigenvalue weighted by molar-refractivity contribution is 5.64. The third-order valence-electron chi connectivity index (χ3n) is 4.23. The average Bonchev–Trinajstić information content (AvgIpc) is 3.24. The molecule has 0 aromatic carbocycles. The van der Waals surface area contributed by atoms with Gasteiger partial charge in [-0.1, -0.05) is 0 Å². The fourth-order valence-corrected chi connectivity index (χ4v) is 2.99. The van der Waals surface area contributed by atoms with E-state index >= 15 is 0 Å². The Labute approximate surface area is 128 Å². The Morgan fingerprint density at radius 1 is 1.14 bits per heavy atom. The minimum absolute atomic E-state index is 0.409. The summed E-state index contributed by atoms with van der Waals surface area (Å²) >= 11 is 0. The van der Waals surface area contributed by atoms with Gasteiger partial charge in [-0.25, -0.2) is 19.9 Å². The van der Waals surface area contributed by atoms with Gasteiger partial charge < -0.3 is 14.2 Å². The molecule has 0 radical (unpaired) electrons. The largest absolute Gasteiger partial charge is 0.355 e. The summed E-state index contributed by atoms with van der Waals surface area (Å²) in [4.78, 5) is 21.8. The van der Waals surface area contributed by atoms with E-state index in [9.17, 15) is 0 Å². The lowest BCUT2D eigenvalue weighted by molar-refractivity contribution is 0.683. The third kappa shape index (κ3) is 2.14. The Morgan fingerprint density at radius 2 is 2.00 bits per heavy atom. The van der Waals surface area contributed by atoms with Gasteiger partial charge >= 0.3 is 0 Å². The van der Waals surface area contributed by atoms with Crippen molar-refractivity contribution in [3.8, 4) is 0 Å². The first-order valence-electron chi connectivity index (χ1n) is 7.34. The van der Waals surface area contributed by atoms with Crippen LogP contribution in [0.5, 0.6) is 0 Å². The quantitative estimate of drug-likeness (QED) is 0.724. The summed E-state index contributed by atoms with van der Waals surface area (Å²) < 4.78 is 2.00. The first-order chi connectivity index (χ1) is 10.8. The molecule has 7 heteroatoms. The summed E-state index contributed by atoms with van der Waals surface area (Å²) in [6.45, 7) is 1.89. The number of anilines is 2. The molecule has 7 nitrogen and oxygen atoms in total. The van der Waals surface area contributed by atoms with Crippen LogP contribution in [0.2, 0.25) is 0 Å². The maximum atomic E-state index is 4.53. The molecule has 112 valence electrons. The molecule has 0 spiro atoms. The maximum absolute atomic E-state index is 4.53. The summed E-state index contributed by atoms with van der Waals surface area (Å²) in [6, 6.07) is 2.35. The number of fused-ring (bicyclic) bond motifs is 1. The smallest absolute Gasteiger partial charge is 0.180 e. The Hall–Kier alpha value is -2.70. The zero-order chi connectivity index (χ0) is 14.9. The van der Waals surface area contributed by atoms with Gasteiger partial charge in [0.05, 0.1) is 0 Å². The van der Waals surface area contributed by atoms with E-state index in [4.69, 9.17) is 0 Å². The molecule has 0 amide bonds. The van der Waals surface area contributed by atoms with Gasteiger partial charge in [-0.2, -0.15) is 0 Å². The third-order valence-corrected chi connectivity index (χ3v) is 4.23. The fraction of sp³-hybridized carbons (Fsp3) is 0.333. The second-order valence-corrected chi connectivity index (χ2v) is 5.48. The highest BCUT2D eigenvalue weighted by atomic mass is 15.3. The number of hydrogen-bond acceptors (Lipinski definition) is 6. The molecule has 0 N–H and O–H groups in total. The van der Waals surface area contributed by atoms with Crippen LogP contribution >= 0.6 is 0 Å². The summed E-state index contributed by atoms with van der Waals surface area (Å²) in [5, 5.41) is 0. The van der Waals surface area contributed by atoms with E-state index in [2.05, 4.69) is 36.8 Å². The second-order valence-electron chi connectivity index (χ2n) is 5.48. The van der Waals surface area contributed by atoms with Crippen LogP contribution < -0.4 is 9.80 Å². The van der Waals surface area contributed by atoms with Crippen LogP contribution in [0.25, 0.3) is 5.65 Å². The van der Waals surface area contributed by atoms with Gasteiger partial charge in [0.25, 0.3) is 0 Å². The van der Waals surface area contributed by atoms with Gasteiger partial charge in [0.1, 0.15) is 12.1 Å². The monoisotopic (exact) mass is 295 g/mol. The van der Waals surface area contributed by atoms with E-state index in [0.29, 0.717) is 6.04 Å². The zero-order valence-corrected chi connectivity index (χ0v) is 12.4.